The molecule has 0 bridgehead atoms. The minimum absolute atomic E-state index is 0.109. The predicted molar refractivity (Wildman–Crippen MR) is 78.0 cm³/mol. The fourth-order valence-corrected chi connectivity index (χ4v) is 2.03. The summed E-state index contributed by atoms with van der Waals surface area (Å²) >= 11 is 6.05. The Kier molecular flexibility index (Phi) is 4.10. The molecule has 0 heterocycles. The van der Waals surface area contributed by atoms with Gasteiger partial charge in [-0.25, -0.2) is 0 Å². The van der Waals surface area contributed by atoms with Crippen LogP contribution in [0.5, 0.6) is 5.75 Å². The molecular weight excluding hydrogens is 280 g/mol. The number of benzene rings is 2. The average Bonchev–Trinajstić information content (AvgIpc) is 2.37. The molecule has 0 radical (unpaired) electrons. The van der Waals surface area contributed by atoms with Gasteiger partial charge in [0.15, 0.2) is 0 Å². The minimum atomic E-state index is -0.517. The van der Waals surface area contributed by atoms with Crippen LogP contribution < -0.4 is 10.5 Å². The van der Waals surface area contributed by atoms with Crippen LogP contribution in [0.15, 0.2) is 36.4 Å². The highest BCUT2D eigenvalue weighted by molar-refractivity contribution is 6.32. The summed E-state index contributed by atoms with van der Waals surface area (Å²) in [5.74, 6) is 0.564. The van der Waals surface area contributed by atoms with E-state index < -0.39 is 4.92 Å². The SMILES string of the molecule is Cc1ccc(OCc2ccc([N+](=O)[O-])c(N)c2)c(Cl)c1. The lowest BCUT2D eigenvalue weighted by molar-refractivity contribution is -0.383. The van der Waals surface area contributed by atoms with Crippen LogP contribution in [-0.4, -0.2) is 4.92 Å². The van der Waals surface area contributed by atoms with Gasteiger partial charge in [0.25, 0.3) is 5.69 Å². The van der Waals surface area contributed by atoms with Gasteiger partial charge in [-0.3, -0.25) is 10.1 Å². The molecule has 2 aromatic rings. The first-order valence-corrected chi connectivity index (χ1v) is 6.27. The predicted octanol–water partition coefficient (Wildman–Crippen LogP) is 3.72. The maximum absolute atomic E-state index is 10.7. The van der Waals surface area contributed by atoms with Crippen molar-refractivity contribution < 1.29 is 9.66 Å². The van der Waals surface area contributed by atoms with Crippen LogP contribution in [0.3, 0.4) is 0 Å². The zero-order valence-electron chi connectivity index (χ0n) is 10.8. The van der Waals surface area contributed by atoms with Crippen molar-refractivity contribution in [3.05, 3.63) is 62.7 Å². The van der Waals surface area contributed by atoms with Crippen LogP contribution in [-0.2, 0) is 6.61 Å². The Bertz CT molecular complexity index is 659. The van der Waals surface area contributed by atoms with E-state index in [0.29, 0.717) is 10.8 Å². The summed E-state index contributed by atoms with van der Waals surface area (Å²) < 4.78 is 5.58. The third-order valence-corrected chi connectivity index (χ3v) is 3.07. The number of ether oxygens (including phenoxy) is 1. The lowest BCUT2D eigenvalue weighted by atomic mass is 10.2. The number of hydrogen-bond acceptors (Lipinski definition) is 4. The summed E-state index contributed by atoms with van der Waals surface area (Å²) in [5, 5.41) is 11.2. The summed E-state index contributed by atoms with van der Waals surface area (Å²) in [7, 11) is 0. The molecule has 20 heavy (non-hydrogen) atoms. The number of nitro benzene ring substituents is 1. The van der Waals surface area contributed by atoms with Gasteiger partial charge in [0, 0.05) is 6.07 Å². The summed E-state index contributed by atoms with van der Waals surface area (Å²) in [6.45, 7) is 2.18. The fraction of sp³-hybridized carbons (Fsp3) is 0.143. The number of nitrogens with two attached hydrogens (primary N) is 1. The first kappa shape index (κ1) is 14.1. The van der Waals surface area contributed by atoms with Gasteiger partial charge >= 0.3 is 0 Å². The Morgan fingerprint density at radius 1 is 1.30 bits per heavy atom. The number of anilines is 1. The Morgan fingerprint density at radius 3 is 2.65 bits per heavy atom. The smallest absolute Gasteiger partial charge is 0.292 e. The van der Waals surface area contributed by atoms with E-state index in [-0.39, 0.29) is 18.0 Å². The van der Waals surface area contributed by atoms with E-state index >= 15 is 0 Å². The van der Waals surface area contributed by atoms with Crippen LogP contribution >= 0.6 is 11.6 Å². The second kappa shape index (κ2) is 5.79. The first-order chi connectivity index (χ1) is 9.47. The van der Waals surface area contributed by atoms with Gasteiger partial charge in [0.05, 0.1) is 9.95 Å². The van der Waals surface area contributed by atoms with Crippen LogP contribution in [0.4, 0.5) is 11.4 Å². The van der Waals surface area contributed by atoms with Gasteiger partial charge < -0.3 is 10.5 Å². The third-order valence-electron chi connectivity index (χ3n) is 2.77. The van der Waals surface area contributed by atoms with Gasteiger partial charge in [-0.1, -0.05) is 17.7 Å². The highest BCUT2D eigenvalue weighted by Gasteiger charge is 2.11. The topological polar surface area (TPSA) is 78.4 Å². The van der Waals surface area contributed by atoms with Crippen molar-refractivity contribution in [3.63, 3.8) is 0 Å². The second-order valence-corrected chi connectivity index (χ2v) is 4.78. The zero-order valence-corrected chi connectivity index (χ0v) is 11.6. The Morgan fingerprint density at radius 2 is 2.05 bits per heavy atom. The van der Waals surface area contributed by atoms with Crippen LogP contribution in [0.1, 0.15) is 11.1 Å². The molecule has 0 spiro atoms. The summed E-state index contributed by atoms with van der Waals surface area (Å²) in [6, 6.07) is 9.99. The number of nitro groups is 1. The fourth-order valence-electron chi connectivity index (χ4n) is 1.74. The number of hydrogen-bond donors (Lipinski definition) is 1. The van der Waals surface area contributed by atoms with Crippen molar-refractivity contribution >= 4 is 23.0 Å². The van der Waals surface area contributed by atoms with E-state index in [9.17, 15) is 10.1 Å². The third kappa shape index (κ3) is 3.19. The van der Waals surface area contributed by atoms with Crippen LogP contribution in [0.2, 0.25) is 5.02 Å². The largest absolute Gasteiger partial charge is 0.487 e. The van der Waals surface area contributed by atoms with E-state index in [1.807, 2.05) is 13.0 Å². The highest BCUT2D eigenvalue weighted by atomic mass is 35.5. The number of aryl methyl sites for hydroxylation is 1. The molecule has 0 fully saturated rings. The molecule has 6 heteroatoms. The number of rotatable bonds is 4. The van der Waals surface area contributed by atoms with E-state index in [2.05, 4.69) is 0 Å². The normalized spacial score (nSPS) is 10.3. The van der Waals surface area contributed by atoms with Gasteiger partial charge in [-0.2, -0.15) is 0 Å². The molecule has 0 atom stereocenters. The first-order valence-electron chi connectivity index (χ1n) is 5.89. The van der Waals surface area contributed by atoms with Crippen molar-refractivity contribution in [2.75, 3.05) is 5.73 Å². The maximum Gasteiger partial charge on any atom is 0.292 e. The van der Waals surface area contributed by atoms with Gasteiger partial charge in [-0.15, -0.1) is 0 Å². The molecule has 5 nitrogen and oxygen atoms in total. The van der Waals surface area contributed by atoms with Crippen molar-refractivity contribution in [3.8, 4) is 5.75 Å². The summed E-state index contributed by atoms with van der Waals surface area (Å²) in [5.41, 5.74) is 7.41. The van der Waals surface area contributed by atoms with Gasteiger partial charge in [0.1, 0.15) is 18.0 Å². The average molecular weight is 293 g/mol. The molecular formula is C14H13ClN2O3. The molecule has 0 aromatic heterocycles. The molecule has 0 saturated heterocycles. The standard InChI is InChI=1S/C14H13ClN2O3/c1-9-2-5-14(11(15)6-9)20-8-10-3-4-13(17(18)19)12(16)7-10/h2-7H,8,16H2,1H3. The molecule has 0 aliphatic heterocycles. The lowest BCUT2D eigenvalue weighted by Crippen LogP contribution is -2.00. The number of nitrogens with zero attached hydrogens (tertiary/aromatic N) is 1. The number of halogens is 1. The summed E-state index contributed by atoms with van der Waals surface area (Å²) in [6.07, 6.45) is 0. The number of nitrogen functional groups attached to an aromatic ring is 1. The second-order valence-electron chi connectivity index (χ2n) is 4.37. The molecule has 2 rings (SSSR count). The van der Waals surface area contributed by atoms with Crippen molar-refractivity contribution in [1.82, 2.24) is 0 Å². The van der Waals surface area contributed by atoms with Crippen molar-refractivity contribution in [2.45, 2.75) is 13.5 Å². The van der Waals surface area contributed by atoms with Crippen molar-refractivity contribution in [1.29, 1.82) is 0 Å². The van der Waals surface area contributed by atoms with E-state index in [1.165, 1.54) is 12.1 Å². The molecule has 0 amide bonds. The quantitative estimate of drug-likeness (QED) is 0.529. The molecule has 0 unspecified atom stereocenters. The zero-order chi connectivity index (χ0) is 14.7. The molecule has 0 aliphatic carbocycles. The molecule has 2 aromatic carbocycles. The molecule has 2 N–H and O–H groups in total. The molecule has 0 saturated carbocycles. The monoisotopic (exact) mass is 292 g/mol. The minimum Gasteiger partial charge on any atom is -0.487 e. The van der Waals surface area contributed by atoms with Crippen LogP contribution in [0.25, 0.3) is 0 Å². The van der Waals surface area contributed by atoms with Crippen LogP contribution in [0, 0.1) is 17.0 Å². The Balaban J connectivity index is 2.11. The summed E-state index contributed by atoms with van der Waals surface area (Å²) in [4.78, 5) is 10.1. The Hall–Kier alpha value is -2.27. The lowest BCUT2D eigenvalue weighted by Gasteiger charge is -2.09. The van der Waals surface area contributed by atoms with Gasteiger partial charge in [0.2, 0.25) is 0 Å². The van der Waals surface area contributed by atoms with Crippen molar-refractivity contribution in [2.24, 2.45) is 0 Å². The van der Waals surface area contributed by atoms with E-state index in [1.54, 1.807) is 18.2 Å². The van der Waals surface area contributed by atoms with E-state index in [4.69, 9.17) is 22.1 Å². The molecule has 0 aliphatic rings. The highest BCUT2D eigenvalue weighted by Crippen LogP contribution is 2.27. The Labute approximate surface area is 121 Å². The molecule has 104 valence electrons. The maximum atomic E-state index is 10.7. The van der Waals surface area contributed by atoms with Gasteiger partial charge in [-0.05, 0) is 42.3 Å². The van der Waals surface area contributed by atoms with E-state index in [0.717, 1.165) is 11.1 Å².